The summed E-state index contributed by atoms with van der Waals surface area (Å²) in [5.41, 5.74) is 2.26. The van der Waals surface area contributed by atoms with E-state index >= 15 is 0 Å². The third-order valence-electron chi connectivity index (χ3n) is 5.56. The third-order valence-corrected chi connectivity index (χ3v) is 5.56. The standard InChI is InChI=1S/C21H32N2O2/c1-15(2)17-7-9-18(10-8-17)20(24)14-23-11-3-4-19(13-23)21(25)22-12-16-5-6-16/h7-10,15-16,19-20,24H,3-6,11-14H2,1-2H3,(H,22,25)/t19-,20-/m0/s1. The van der Waals surface area contributed by atoms with Gasteiger partial charge >= 0.3 is 0 Å². The zero-order valence-corrected chi connectivity index (χ0v) is 15.6. The van der Waals surface area contributed by atoms with Gasteiger partial charge in [-0.2, -0.15) is 0 Å². The van der Waals surface area contributed by atoms with Crippen molar-refractivity contribution in [2.45, 2.75) is 51.6 Å². The van der Waals surface area contributed by atoms with E-state index in [4.69, 9.17) is 0 Å². The summed E-state index contributed by atoms with van der Waals surface area (Å²) in [5, 5.41) is 13.7. The van der Waals surface area contributed by atoms with Gasteiger partial charge in [0.15, 0.2) is 0 Å². The van der Waals surface area contributed by atoms with E-state index < -0.39 is 6.10 Å². The second-order valence-corrected chi connectivity index (χ2v) is 8.12. The number of nitrogens with zero attached hydrogens (tertiary/aromatic N) is 1. The van der Waals surface area contributed by atoms with Crippen LogP contribution in [0.4, 0.5) is 0 Å². The quantitative estimate of drug-likeness (QED) is 0.799. The molecule has 0 aromatic heterocycles. The van der Waals surface area contributed by atoms with Gasteiger partial charge in [0, 0.05) is 19.6 Å². The Morgan fingerprint density at radius 3 is 2.52 bits per heavy atom. The number of piperidine rings is 1. The number of aliphatic hydroxyl groups is 1. The van der Waals surface area contributed by atoms with Crippen LogP contribution in [0.1, 0.15) is 62.7 Å². The maximum Gasteiger partial charge on any atom is 0.224 e. The molecule has 0 radical (unpaired) electrons. The normalized spacial score (nSPS) is 22.8. The lowest BCUT2D eigenvalue weighted by Gasteiger charge is -2.33. The smallest absolute Gasteiger partial charge is 0.224 e. The van der Waals surface area contributed by atoms with E-state index in [-0.39, 0.29) is 11.8 Å². The first-order chi connectivity index (χ1) is 12.0. The van der Waals surface area contributed by atoms with E-state index in [9.17, 15) is 9.90 Å². The number of hydrogen-bond donors (Lipinski definition) is 2. The number of carbonyl (C=O) groups is 1. The molecule has 2 atom stereocenters. The monoisotopic (exact) mass is 344 g/mol. The first kappa shape index (κ1) is 18.4. The van der Waals surface area contributed by atoms with Crippen LogP contribution in [0.5, 0.6) is 0 Å². The summed E-state index contributed by atoms with van der Waals surface area (Å²) < 4.78 is 0. The highest BCUT2D eigenvalue weighted by Gasteiger charge is 2.28. The van der Waals surface area contributed by atoms with Gasteiger partial charge in [-0.25, -0.2) is 0 Å². The van der Waals surface area contributed by atoms with Gasteiger partial charge in [0.05, 0.1) is 12.0 Å². The van der Waals surface area contributed by atoms with Crippen molar-refractivity contribution in [2.24, 2.45) is 11.8 Å². The van der Waals surface area contributed by atoms with Crippen LogP contribution in [0.3, 0.4) is 0 Å². The largest absolute Gasteiger partial charge is 0.387 e. The highest BCUT2D eigenvalue weighted by molar-refractivity contribution is 5.79. The third kappa shape index (κ3) is 5.29. The van der Waals surface area contributed by atoms with Crippen molar-refractivity contribution in [3.05, 3.63) is 35.4 Å². The molecule has 25 heavy (non-hydrogen) atoms. The molecule has 1 aliphatic heterocycles. The molecule has 2 aliphatic rings. The molecule has 4 nitrogen and oxygen atoms in total. The summed E-state index contributed by atoms with van der Waals surface area (Å²) in [6.07, 6.45) is 4.03. The molecule has 2 fully saturated rings. The van der Waals surface area contributed by atoms with Crippen molar-refractivity contribution in [1.82, 2.24) is 10.2 Å². The molecule has 0 unspecified atom stereocenters. The molecular formula is C21H32N2O2. The Balaban J connectivity index is 1.49. The molecule has 138 valence electrons. The molecule has 3 rings (SSSR count). The van der Waals surface area contributed by atoms with Crippen LogP contribution < -0.4 is 5.32 Å². The molecule has 1 saturated heterocycles. The van der Waals surface area contributed by atoms with E-state index in [0.717, 1.165) is 44.0 Å². The van der Waals surface area contributed by atoms with Gasteiger partial charge < -0.3 is 10.4 Å². The molecule has 2 N–H and O–H groups in total. The minimum absolute atomic E-state index is 0.0722. The Morgan fingerprint density at radius 2 is 1.88 bits per heavy atom. The number of benzene rings is 1. The molecular weight excluding hydrogens is 312 g/mol. The molecule has 1 aromatic rings. The maximum atomic E-state index is 12.3. The molecule has 1 amide bonds. The molecule has 0 bridgehead atoms. The number of rotatable bonds is 7. The van der Waals surface area contributed by atoms with Gasteiger partial charge in [0.25, 0.3) is 0 Å². The van der Waals surface area contributed by atoms with Gasteiger partial charge in [0.1, 0.15) is 0 Å². The SMILES string of the molecule is CC(C)c1ccc([C@@H](O)CN2CCC[C@H](C(=O)NCC3CC3)C2)cc1. The highest BCUT2D eigenvalue weighted by atomic mass is 16.3. The fraction of sp³-hybridized carbons (Fsp3) is 0.667. The lowest BCUT2D eigenvalue weighted by atomic mass is 9.95. The Morgan fingerprint density at radius 1 is 1.20 bits per heavy atom. The minimum Gasteiger partial charge on any atom is -0.387 e. The number of aliphatic hydroxyl groups excluding tert-OH is 1. The van der Waals surface area contributed by atoms with Gasteiger partial charge in [-0.05, 0) is 55.2 Å². The lowest BCUT2D eigenvalue weighted by molar-refractivity contribution is -0.127. The van der Waals surface area contributed by atoms with E-state index in [2.05, 4.69) is 36.2 Å². The van der Waals surface area contributed by atoms with Crippen LogP contribution in [0.25, 0.3) is 0 Å². The first-order valence-electron chi connectivity index (χ1n) is 9.81. The molecule has 0 spiro atoms. The summed E-state index contributed by atoms with van der Waals surface area (Å²) in [6, 6.07) is 8.27. The number of hydrogen-bond acceptors (Lipinski definition) is 3. The summed E-state index contributed by atoms with van der Waals surface area (Å²) in [5.74, 6) is 1.50. The maximum absolute atomic E-state index is 12.3. The van der Waals surface area contributed by atoms with E-state index in [1.54, 1.807) is 0 Å². The van der Waals surface area contributed by atoms with E-state index in [1.807, 2.05) is 12.1 Å². The predicted octanol–water partition coefficient (Wildman–Crippen LogP) is 3.08. The number of likely N-dealkylation sites (tertiary alicyclic amines) is 1. The predicted molar refractivity (Wildman–Crippen MR) is 100 cm³/mol. The van der Waals surface area contributed by atoms with Crippen LogP contribution in [-0.4, -0.2) is 42.1 Å². The number of carbonyl (C=O) groups excluding carboxylic acids is 1. The Hall–Kier alpha value is -1.39. The molecule has 4 heteroatoms. The Kier molecular flexibility index (Phi) is 6.13. The average molecular weight is 344 g/mol. The summed E-state index contributed by atoms with van der Waals surface area (Å²) in [6.45, 7) is 7.53. The summed E-state index contributed by atoms with van der Waals surface area (Å²) >= 11 is 0. The van der Waals surface area contributed by atoms with Crippen LogP contribution in [-0.2, 0) is 4.79 Å². The second kappa shape index (κ2) is 8.33. The van der Waals surface area contributed by atoms with Crippen molar-refractivity contribution in [2.75, 3.05) is 26.2 Å². The number of nitrogens with one attached hydrogen (secondary N) is 1. The van der Waals surface area contributed by atoms with Crippen molar-refractivity contribution in [3.63, 3.8) is 0 Å². The van der Waals surface area contributed by atoms with Crippen molar-refractivity contribution in [1.29, 1.82) is 0 Å². The van der Waals surface area contributed by atoms with Crippen molar-refractivity contribution < 1.29 is 9.90 Å². The van der Waals surface area contributed by atoms with E-state index in [0.29, 0.717) is 12.5 Å². The second-order valence-electron chi connectivity index (χ2n) is 8.12. The Bertz CT molecular complexity index is 566. The first-order valence-corrected chi connectivity index (χ1v) is 9.81. The Labute approximate surface area is 151 Å². The summed E-state index contributed by atoms with van der Waals surface area (Å²) in [4.78, 5) is 14.6. The fourth-order valence-electron chi connectivity index (χ4n) is 3.60. The van der Waals surface area contributed by atoms with Gasteiger partial charge in [-0.15, -0.1) is 0 Å². The van der Waals surface area contributed by atoms with Gasteiger partial charge in [-0.3, -0.25) is 9.69 Å². The van der Waals surface area contributed by atoms with Gasteiger partial charge in [0.2, 0.25) is 5.91 Å². The molecule has 1 heterocycles. The van der Waals surface area contributed by atoms with E-state index in [1.165, 1.54) is 18.4 Å². The van der Waals surface area contributed by atoms with Crippen molar-refractivity contribution >= 4 is 5.91 Å². The van der Waals surface area contributed by atoms with Gasteiger partial charge in [-0.1, -0.05) is 38.1 Å². The highest BCUT2D eigenvalue weighted by Crippen LogP contribution is 2.28. The zero-order valence-electron chi connectivity index (χ0n) is 15.6. The molecule has 1 aromatic carbocycles. The van der Waals surface area contributed by atoms with Crippen LogP contribution in [0.2, 0.25) is 0 Å². The fourth-order valence-corrected chi connectivity index (χ4v) is 3.60. The van der Waals surface area contributed by atoms with Crippen molar-refractivity contribution in [3.8, 4) is 0 Å². The molecule has 1 saturated carbocycles. The summed E-state index contributed by atoms with van der Waals surface area (Å²) in [7, 11) is 0. The lowest BCUT2D eigenvalue weighted by Crippen LogP contribution is -2.44. The van der Waals surface area contributed by atoms with Crippen LogP contribution in [0, 0.1) is 11.8 Å². The number of β-amino-alcohol motifs (C(OH)–C–C–N with tert-alkyl or cyclic N) is 1. The number of amides is 1. The molecule has 1 aliphatic carbocycles. The topological polar surface area (TPSA) is 52.6 Å². The zero-order chi connectivity index (χ0) is 17.8. The van der Waals surface area contributed by atoms with Crippen LogP contribution >= 0.6 is 0 Å². The minimum atomic E-state index is -0.491. The average Bonchev–Trinajstić information content (AvgIpc) is 3.44. The van der Waals surface area contributed by atoms with Crippen LogP contribution in [0.15, 0.2) is 24.3 Å².